The van der Waals surface area contributed by atoms with Crippen molar-refractivity contribution in [3.05, 3.63) is 24.3 Å². The fourth-order valence-corrected chi connectivity index (χ4v) is 2.73. The fraction of sp³-hybridized carbons (Fsp3) is 0.611. The monoisotopic (exact) mass is 318 g/mol. The molecule has 1 saturated heterocycles. The first kappa shape index (κ1) is 17.6. The fourth-order valence-electron chi connectivity index (χ4n) is 2.73. The molecule has 1 heterocycles. The molecule has 0 radical (unpaired) electrons. The van der Waals surface area contributed by atoms with E-state index in [0.717, 1.165) is 24.4 Å². The minimum atomic E-state index is 0.181. The van der Waals surface area contributed by atoms with Crippen LogP contribution in [0.25, 0.3) is 0 Å². The van der Waals surface area contributed by atoms with Crippen LogP contribution in [0.2, 0.25) is 0 Å². The molecule has 2 rings (SSSR count). The molecule has 0 spiro atoms. The van der Waals surface area contributed by atoms with Gasteiger partial charge in [0.2, 0.25) is 0 Å². The lowest BCUT2D eigenvalue weighted by molar-refractivity contribution is 0.242. The first-order valence-electron chi connectivity index (χ1n) is 8.69. The average molecular weight is 318 g/mol. The van der Waals surface area contributed by atoms with Gasteiger partial charge in [0.05, 0.1) is 6.10 Å². The van der Waals surface area contributed by atoms with Crippen LogP contribution in [0.3, 0.4) is 0 Å². The predicted octanol–water partition coefficient (Wildman–Crippen LogP) is 3.08. The molecule has 1 fully saturated rings. The van der Waals surface area contributed by atoms with E-state index in [-0.39, 0.29) is 6.10 Å². The van der Waals surface area contributed by atoms with Gasteiger partial charge in [-0.1, -0.05) is 0 Å². The maximum atomic E-state index is 5.93. The molecule has 5 heteroatoms. The summed E-state index contributed by atoms with van der Waals surface area (Å²) in [5.74, 6) is 1.34. The second kappa shape index (κ2) is 9.40. The Balaban J connectivity index is 1.65. The number of hydrogen-bond donors (Lipinski definition) is 2. The third-order valence-electron chi connectivity index (χ3n) is 3.86. The summed E-state index contributed by atoms with van der Waals surface area (Å²) < 4.78 is 5.61. The zero-order valence-corrected chi connectivity index (χ0v) is 14.4. The van der Waals surface area contributed by atoms with Crippen molar-refractivity contribution in [2.24, 2.45) is 10.7 Å². The van der Waals surface area contributed by atoms with Crippen LogP contribution in [-0.4, -0.2) is 43.1 Å². The second-order valence-corrected chi connectivity index (χ2v) is 6.34. The number of nitrogens with one attached hydrogen (secondary N) is 1. The third kappa shape index (κ3) is 6.91. The molecule has 0 aromatic heterocycles. The molecule has 1 aromatic carbocycles. The summed E-state index contributed by atoms with van der Waals surface area (Å²) >= 11 is 0. The van der Waals surface area contributed by atoms with Crippen molar-refractivity contribution in [3.63, 3.8) is 0 Å². The van der Waals surface area contributed by atoms with E-state index in [4.69, 9.17) is 10.5 Å². The Kier molecular flexibility index (Phi) is 7.20. The van der Waals surface area contributed by atoms with Gasteiger partial charge in [-0.25, -0.2) is 0 Å². The smallest absolute Gasteiger partial charge is 0.193 e. The molecule has 0 unspecified atom stereocenters. The van der Waals surface area contributed by atoms with Crippen molar-refractivity contribution in [3.8, 4) is 5.75 Å². The summed E-state index contributed by atoms with van der Waals surface area (Å²) in [5, 5.41) is 3.12. The van der Waals surface area contributed by atoms with Crippen LogP contribution in [-0.2, 0) is 0 Å². The molecular formula is C18H30N4O. The highest BCUT2D eigenvalue weighted by Gasteiger charge is 2.09. The summed E-state index contributed by atoms with van der Waals surface area (Å²) in [7, 11) is 0. The maximum absolute atomic E-state index is 5.93. The highest BCUT2D eigenvalue weighted by atomic mass is 16.5. The summed E-state index contributed by atoms with van der Waals surface area (Å²) in [6.07, 6.45) is 5.17. The Morgan fingerprint density at radius 1 is 1.22 bits per heavy atom. The number of rotatable bonds is 8. The van der Waals surface area contributed by atoms with Crippen molar-refractivity contribution in [2.45, 2.75) is 45.6 Å². The van der Waals surface area contributed by atoms with E-state index in [9.17, 15) is 0 Å². The zero-order chi connectivity index (χ0) is 16.5. The van der Waals surface area contributed by atoms with E-state index in [1.54, 1.807) is 0 Å². The van der Waals surface area contributed by atoms with Crippen LogP contribution in [0.5, 0.6) is 5.75 Å². The molecule has 23 heavy (non-hydrogen) atoms. The highest BCUT2D eigenvalue weighted by molar-refractivity contribution is 5.92. The lowest BCUT2D eigenvalue weighted by Gasteiger charge is -2.13. The van der Waals surface area contributed by atoms with Crippen molar-refractivity contribution < 1.29 is 4.74 Å². The number of nitrogens with zero attached hydrogens (tertiary/aromatic N) is 2. The molecule has 0 aliphatic carbocycles. The van der Waals surface area contributed by atoms with Gasteiger partial charge in [0, 0.05) is 12.2 Å². The lowest BCUT2D eigenvalue weighted by atomic mass is 10.3. The van der Waals surface area contributed by atoms with E-state index < -0.39 is 0 Å². The molecule has 0 amide bonds. The lowest BCUT2D eigenvalue weighted by Crippen LogP contribution is -2.23. The van der Waals surface area contributed by atoms with Crippen molar-refractivity contribution in [1.82, 2.24) is 4.90 Å². The summed E-state index contributed by atoms with van der Waals surface area (Å²) in [5.41, 5.74) is 6.86. The molecule has 3 N–H and O–H groups in total. The SMILES string of the molecule is CC(C)Oc1ccc(NC(N)=NCCCCN2CCCC2)cc1. The van der Waals surface area contributed by atoms with E-state index in [0.29, 0.717) is 5.96 Å². The molecule has 1 aromatic rings. The van der Waals surface area contributed by atoms with Crippen LogP contribution < -0.4 is 15.8 Å². The standard InChI is InChI=1S/C18H30N4O/c1-15(2)23-17-9-7-16(8-10-17)21-18(19)20-11-3-4-12-22-13-5-6-14-22/h7-10,15H,3-6,11-14H2,1-2H3,(H3,19,20,21). The first-order valence-corrected chi connectivity index (χ1v) is 8.69. The normalized spacial score (nSPS) is 16.0. The second-order valence-electron chi connectivity index (χ2n) is 6.34. The van der Waals surface area contributed by atoms with Gasteiger partial charge < -0.3 is 20.7 Å². The minimum Gasteiger partial charge on any atom is -0.491 e. The summed E-state index contributed by atoms with van der Waals surface area (Å²) in [4.78, 5) is 6.92. The van der Waals surface area contributed by atoms with Crippen LogP contribution in [0.15, 0.2) is 29.3 Å². The first-order chi connectivity index (χ1) is 11.1. The van der Waals surface area contributed by atoms with E-state index in [1.807, 2.05) is 38.1 Å². The van der Waals surface area contributed by atoms with E-state index in [1.165, 1.54) is 38.9 Å². The van der Waals surface area contributed by atoms with Gasteiger partial charge in [0.25, 0.3) is 0 Å². The van der Waals surface area contributed by atoms with Crippen molar-refractivity contribution in [2.75, 3.05) is 31.5 Å². The average Bonchev–Trinajstić information content (AvgIpc) is 3.02. The van der Waals surface area contributed by atoms with Gasteiger partial charge in [0.15, 0.2) is 5.96 Å². The van der Waals surface area contributed by atoms with Gasteiger partial charge in [-0.05, 0) is 83.4 Å². The van der Waals surface area contributed by atoms with Gasteiger partial charge in [-0.15, -0.1) is 0 Å². The molecule has 0 bridgehead atoms. The Bertz CT molecular complexity index is 478. The van der Waals surface area contributed by atoms with Gasteiger partial charge in [0.1, 0.15) is 5.75 Å². The Hall–Kier alpha value is -1.75. The Labute approximate surface area is 139 Å². The maximum Gasteiger partial charge on any atom is 0.193 e. The quantitative estimate of drug-likeness (QED) is 0.439. The topological polar surface area (TPSA) is 62.9 Å². The number of likely N-dealkylation sites (tertiary alicyclic amines) is 1. The van der Waals surface area contributed by atoms with Gasteiger partial charge in [-0.2, -0.15) is 0 Å². The number of ether oxygens (including phenoxy) is 1. The largest absolute Gasteiger partial charge is 0.491 e. The van der Waals surface area contributed by atoms with Crippen molar-refractivity contribution >= 4 is 11.6 Å². The number of anilines is 1. The van der Waals surface area contributed by atoms with Gasteiger partial charge in [-0.3, -0.25) is 4.99 Å². The zero-order valence-electron chi connectivity index (χ0n) is 14.4. The molecule has 0 saturated carbocycles. The predicted molar refractivity (Wildman–Crippen MR) is 97.2 cm³/mol. The van der Waals surface area contributed by atoms with Crippen LogP contribution in [0, 0.1) is 0 Å². The molecule has 1 aliphatic heterocycles. The van der Waals surface area contributed by atoms with E-state index >= 15 is 0 Å². The Morgan fingerprint density at radius 2 is 1.91 bits per heavy atom. The third-order valence-corrected chi connectivity index (χ3v) is 3.86. The molecule has 0 atom stereocenters. The number of unbranched alkanes of at least 4 members (excludes halogenated alkanes) is 1. The number of hydrogen-bond acceptors (Lipinski definition) is 3. The van der Waals surface area contributed by atoms with Crippen LogP contribution in [0.4, 0.5) is 5.69 Å². The molecule has 5 nitrogen and oxygen atoms in total. The number of nitrogens with two attached hydrogens (primary N) is 1. The van der Waals surface area contributed by atoms with Crippen LogP contribution in [0.1, 0.15) is 39.5 Å². The highest BCUT2D eigenvalue weighted by Crippen LogP contribution is 2.16. The summed E-state index contributed by atoms with van der Waals surface area (Å²) in [6.45, 7) is 8.54. The summed E-state index contributed by atoms with van der Waals surface area (Å²) in [6, 6.07) is 7.78. The molecule has 128 valence electrons. The molecule has 1 aliphatic rings. The number of guanidine groups is 1. The van der Waals surface area contributed by atoms with Crippen molar-refractivity contribution in [1.29, 1.82) is 0 Å². The number of benzene rings is 1. The number of aliphatic imine (C=N–C) groups is 1. The minimum absolute atomic E-state index is 0.181. The van der Waals surface area contributed by atoms with Gasteiger partial charge >= 0.3 is 0 Å². The van der Waals surface area contributed by atoms with Crippen LogP contribution >= 0.6 is 0 Å². The molecular weight excluding hydrogens is 288 g/mol. The van der Waals surface area contributed by atoms with E-state index in [2.05, 4.69) is 15.2 Å². The Morgan fingerprint density at radius 3 is 2.57 bits per heavy atom.